The molecule has 0 aliphatic carbocycles. The van der Waals surface area contributed by atoms with Crippen LogP contribution in [0.5, 0.6) is 0 Å². The quantitative estimate of drug-likeness (QED) is 0.454. The lowest BCUT2D eigenvalue weighted by Gasteiger charge is -2.17. The number of Topliss-reactive ketones (excluding diaryl/α,β-unsaturated/α-hetero) is 1. The average Bonchev–Trinajstić information content (AvgIpc) is 2.36. The van der Waals surface area contributed by atoms with Gasteiger partial charge in [-0.25, -0.2) is 4.79 Å². The molecule has 3 nitrogen and oxygen atoms in total. The highest BCUT2D eigenvalue weighted by atomic mass is 35.5. The number of thioether (sulfide) groups is 1. The minimum absolute atomic E-state index is 0.0575. The second kappa shape index (κ2) is 7.17. The van der Waals surface area contributed by atoms with Gasteiger partial charge in [0.2, 0.25) is 0 Å². The molecule has 8 heteroatoms. The van der Waals surface area contributed by atoms with Crippen LogP contribution in [0, 0.1) is 0 Å². The molecular weight excluding hydrogens is 329 g/mol. The zero-order valence-corrected chi connectivity index (χ0v) is 12.7. The third-order valence-electron chi connectivity index (χ3n) is 2.40. The van der Waals surface area contributed by atoms with Gasteiger partial charge in [-0.3, -0.25) is 4.79 Å². The molecule has 0 aliphatic rings. The lowest BCUT2D eigenvalue weighted by atomic mass is 10.0. The SMILES string of the molecule is CCOC(=O)c1cccc(SC(F)(F)F)c1C(Cl)C(C)=O. The van der Waals surface area contributed by atoms with Crippen molar-refractivity contribution in [3.05, 3.63) is 29.3 Å². The smallest absolute Gasteiger partial charge is 0.446 e. The lowest BCUT2D eigenvalue weighted by molar-refractivity contribution is -0.116. The summed E-state index contributed by atoms with van der Waals surface area (Å²) in [4.78, 5) is 23.0. The molecule has 0 heterocycles. The number of hydrogen-bond donors (Lipinski definition) is 0. The van der Waals surface area contributed by atoms with Crippen LogP contribution in [0.15, 0.2) is 23.1 Å². The van der Waals surface area contributed by atoms with Gasteiger partial charge in [0.05, 0.1) is 12.2 Å². The normalized spacial score (nSPS) is 12.9. The molecule has 1 unspecified atom stereocenters. The van der Waals surface area contributed by atoms with Crippen LogP contribution in [0.4, 0.5) is 13.2 Å². The molecule has 0 aromatic heterocycles. The van der Waals surface area contributed by atoms with Gasteiger partial charge in [0, 0.05) is 10.5 Å². The minimum Gasteiger partial charge on any atom is -0.462 e. The Balaban J connectivity index is 3.40. The number of hydrogen-bond acceptors (Lipinski definition) is 4. The first-order chi connectivity index (χ1) is 9.67. The van der Waals surface area contributed by atoms with E-state index in [1.807, 2.05) is 0 Å². The van der Waals surface area contributed by atoms with E-state index in [1.54, 1.807) is 6.92 Å². The molecule has 0 saturated carbocycles. The summed E-state index contributed by atoms with van der Waals surface area (Å²) >= 11 is 5.46. The Hall–Kier alpha value is -1.21. The van der Waals surface area contributed by atoms with Gasteiger partial charge in [0.25, 0.3) is 0 Å². The summed E-state index contributed by atoms with van der Waals surface area (Å²) in [7, 11) is 0. The van der Waals surface area contributed by atoms with Crippen LogP contribution >= 0.6 is 23.4 Å². The predicted molar refractivity (Wildman–Crippen MR) is 73.6 cm³/mol. The maximum atomic E-state index is 12.6. The van der Waals surface area contributed by atoms with Crippen molar-refractivity contribution in [2.75, 3.05) is 6.61 Å². The van der Waals surface area contributed by atoms with Crippen LogP contribution in [0.3, 0.4) is 0 Å². The highest BCUT2D eigenvalue weighted by Gasteiger charge is 2.34. The van der Waals surface area contributed by atoms with E-state index in [0.29, 0.717) is 0 Å². The highest BCUT2D eigenvalue weighted by molar-refractivity contribution is 8.00. The average molecular weight is 341 g/mol. The van der Waals surface area contributed by atoms with Gasteiger partial charge in [-0.1, -0.05) is 6.07 Å². The van der Waals surface area contributed by atoms with Gasteiger partial charge in [-0.2, -0.15) is 13.2 Å². The number of carbonyl (C=O) groups is 2. The molecule has 0 spiro atoms. The molecule has 1 rings (SSSR count). The molecule has 0 N–H and O–H groups in total. The lowest BCUT2D eigenvalue weighted by Crippen LogP contribution is -2.14. The monoisotopic (exact) mass is 340 g/mol. The molecule has 0 fully saturated rings. The second-order valence-electron chi connectivity index (χ2n) is 3.96. The van der Waals surface area contributed by atoms with E-state index in [-0.39, 0.29) is 22.6 Å². The Labute approximate surface area is 128 Å². The first-order valence-electron chi connectivity index (χ1n) is 5.87. The Morgan fingerprint density at radius 2 is 2.00 bits per heavy atom. The zero-order valence-electron chi connectivity index (χ0n) is 11.2. The maximum Gasteiger partial charge on any atom is 0.446 e. The second-order valence-corrected chi connectivity index (χ2v) is 5.50. The summed E-state index contributed by atoms with van der Waals surface area (Å²) in [5.41, 5.74) is -4.87. The molecule has 0 bridgehead atoms. The van der Waals surface area contributed by atoms with Crippen molar-refractivity contribution in [3.63, 3.8) is 0 Å². The maximum absolute atomic E-state index is 12.6. The van der Waals surface area contributed by atoms with Crippen molar-refractivity contribution in [1.82, 2.24) is 0 Å². The van der Waals surface area contributed by atoms with Crippen molar-refractivity contribution in [1.29, 1.82) is 0 Å². The van der Waals surface area contributed by atoms with E-state index in [0.717, 1.165) is 13.0 Å². The molecule has 1 atom stereocenters. The molecule has 1 aromatic carbocycles. The standard InChI is InChI=1S/C13H12ClF3O3S/c1-3-20-12(19)8-5-4-6-9(21-13(15,16)17)10(8)11(14)7(2)18/h4-6,11H,3H2,1-2H3. The van der Waals surface area contributed by atoms with Gasteiger partial charge < -0.3 is 4.74 Å². The van der Waals surface area contributed by atoms with Gasteiger partial charge in [0.15, 0.2) is 5.78 Å². The van der Waals surface area contributed by atoms with Gasteiger partial charge in [0.1, 0.15) is 5.38 Å². The number of halogens is 4. The Morgan fingerprint density at radius 1 is 1.38 bits per heavy atom. The van der Waals surface area contributed by atoms with E-state index >= 15 is 0 Å². The van der Waals surface area contributed by atoms with Gasteiger partial charge >= 0.3 is 11.5 Å². The topological polar surface area (TPSA) is 43.4 Å². The number of alkyl halides is 4. The fraction of sp³-hybridized carbons (Fsp3) is 0.385. The first kappa shape index (κ1) is 17.8. The van der Waals surface area contributed by atoms with Crippen LogP contribution in [-0.2, 0) is 9.53 Å². The molecule has 0 radical (unpaired) electrons. The van der Waals surface area contributed by atoms with Crippen LogP contribution in [0.1, 0.15) is 35.1 Å². The molecule has 116 valence electrons. The van der Waals surface area contributed by atoms with Crippen molar-refractivity contribution in [2.24, 2.45) is 0 Å². The van der Waals surface area contributed by atoms with E-state index in [1.165, 1.54) is 12.1 Å². The van der Waals surface area contributed by atoms with E-state index in [4.69, 9.17) is 16.3 Å². The van der Waals surface area contributed by atoms with E-state index < -0.39 is 34.4 Å². The predicted octanol–water partition coefficient (Wildman–Crippen LogP) is 4.34. The van der Waals surface area contributed by atoms with Crippen molar-refractivity contribution >= 4 is 35.1 Å². The number of benzene rings is 1. The number of esters is 1. The zero-order chi connectivity index (χ0) is 16.2. The molecular formula is C13H12ClF3O3S. The largest absolute Gasteiger partial charge is 0.462 e. The van der Waals surface area contributed by atoms with Gasteiger partial charge in [-0.15, -0.1) is 11.6 Å². The Morgan fingerprint density at radius 3 is 2.48 bits per heavy atom. The number of ether oxygens (including phenoxy) is 1. The van der Waals surface area contributed by atoms with Crippen LogP contribution in [0.2, 0.25) is 0 Å². The third-order valence-corrected chi connectivity index (χ3v) is 3.73. The van der Waals surface area contributed by atoms with Crippen LogP contribution in [0.25, 0.3) is 0 Å². The molecule has 21 heavy (non-hydrogen) atoms. The summed E-state index contributed by atoms with van der Waals surface area (Å²) in [6.45, 7) is 2.76. The Kier molecular flexibility index (Phi) is 6.10. The van der Waals surface area contributed by atoms with E-state index in [9.17, 15) is 22.8 Å². The third kappa shape index (κ3) is 4.93. The van der Waals surface area contributed by atoms with Crippen molar-refractivity contribution in [3.8, 4) is 0 Å². The fourth-order valence-corrected chi connectivity index (χ4v) is 2.64. The Bertz CT molecular complexity index is 546. The molecule has 0 aliphatic heterocycles. The van der Waals surface area contributed by atoms with Gasteiger partial charge in [-0.05, 0) is 37.7 Å². The number of carbonyl (C=O) groups excluding carboxylic acids is 2. The number of ketones is 1. The van der Waals surface area contributed by atoms with E-state index in [2.05, 4.69) is 0 Å². The van der Waals surface area contributed by atoms with Crippen LogP contribution in [-0.4, -0.2) is 23.9 Å². The summed E-state index contributed by atoms with van der Waals surface area (Å²) in [6, 6.07) is 3.73. The first-order valence-corrected chi connectivity index (χ1v) is 7.13. The minimum atomic E-state index is -4.56. The summed E-state index contributed by atoms with van der Waals surface area (Å²) < 4.78 is 42.5. The fourth-order valence-electron chi connectivity index (χ4n) is 1.61. The molecule has 1 aromatic rings. The number of rotatable bonds is 5. The van der Waals surface area contributed by atoms with Crippen molar-refractivity contribution in [2.45, 2.75) is 29.6 Å². The highest BCUT2D eigenvalue weighted by Crippen LogP contribution is 2.42. The molecule has 0 saturated heterocycles. The summed E-state index contributed by atoms with van der Waals surface area (Å²) in [6.07, 6.45) is 0. The van der Waals surface area contributed by atoms with Crippen molar-refractivity contribution < 1.29 is 27.5 Å². The summed E-state index contributed by atoms with van der Waals surface area (Å²) in [5.74, 6) is -1.37. The van der Waals surface area contributed by atoms with Crippen LogP contribution < -0.4 is 0 Å². The summed E-state index contributed by atoms with van der Waals surface area (Å²) in [5, 5.41) is -1.35. The molecule has 0 amide bonds.